The van der Waals surface area contributed by atoms with Crippen LogP contribution in [0.15, 0.2) is 12.7 Å². The van der Waals surface area contributed by atoms with Gasteiger partial charge in [0.25, 0.3) is 0 Å². The molecule has 67 valence electrons. The Morgan fingerprint density at radius 1 is 1.25 bits per heavy atom. The number of carbonyl (C=O) groups is 2. The molecule has 0 aliphatic carbocycles. The molecule has 0 N–H and O–H groups in total. The third-order valence-corrected chi connectivity index (χ3v) is 0.917. The molecule has 0 aliphatic rings. The maximum atomic E-state index is 10.7. The molecule has 4 nitrogen and oxygen atoms in total. The molecule has 12 heavy (non-hydrogen) atoms. The van der Waals surface area contributed by atoms with Crippen molar-refractivity contribution in [2.45, 2.75) is 6.42 Å². The van der Waals surface area contributed by atoms with Crippen LogP contribution >= 0.6 is 0 Å². The van der Waals surface area contributed by atoms with E-state index in [2.05, 4.69) is 23.0 Å². The Bertz CT molecular complexity index is 174. The van der Waals surface area contributed by atoms with Crippen LogP contribution in [0.3, 0.4) is 0 Å². The minimum Gasteiger partial charge on any atom is -0.459 e. The monoisotopic (exact) mass is 171 g/mol. The predicted octanol–water partition coefficient (Wildman–Crippen LogP) is 0.483. The van der Waals surface area contributed by atoms with Gasteiger partial charge in [0.2, 0.25) is 0 Å². The van der Waals surface area contributed by atoms with Crippen molar-refractivity contribution in [3.8, 4) is 0 Å². The van der Waals surface area contributed by atoms with Gasteiger partial charge in [-0.25, -0.2) is 4.79 Å². The number of ether oxygens (including phenoxy) is 2. The molecule has 0 heterocycles. The minimum absolute atomic E-state index is 0.00867. The van der Waals surface area contributed by atoms with Crippen LogP contribution in [0.25, 0.3) is 0 Å². The second kappa shape index (κ2) is 6.39. The average Bonchev–Trinajstić information content (AvgIpc) is 2.10. The molecule has 0 unspecified atom stereocenters. The van der Waals surface area contributed by atoms with Gasteiger partial charge in [-0.1, -0.05) is 12.7 Å². The van der Waals surface area contributed by atoms with Crippen LogP contribution in [-0.2, 0) is 19.1 Å². The first-order valence-corrected chi connectivity index (χ1v) is 3.42. The second-order valence-electron chi connectivity index (χ2n) is 1.88. The van der Waals surface area contributed by atoms with Gasteiger partial charge in [0.1, 0.15) is 6.61 Å². The summed E-state index contributed by atoms with van der Waals surface area (Å²) < 4.78 is 8.97. The van der Waals surface area contributed by atoms with Gasteiger partial charge in [0, 0.05) is 6.42 Å². The Kier molecular flexibility index (Phi) is 5.69. The van der Waals surface area contributed by atoms with Crippen molar-refractivity contribution in [1.82, 2.24) is 0 Å². The van der Waals surface area contributed by atoms with Crippen LogP contribution in [0.4, 0.5) is 0 Å². The van der Waals surface area contributed by atoms with Crippen molar-refractivity contribution in [3.05, 3.63) is 19.6 Å². The molecule has 0 bridgehead atoms. The van der Waals surface area contributed by atoms with Gasteiger partial charge < -0.3 is 9.47 Å². The van der Waals surface area contributed by atoms with Crippen molar-refractivity contribution in [1.29, 1.82) is 0 Å². The van der Waals surface area contributed by atoms with Crippen molar-refractivity contribution >= 4 is 11.9 Å². The predicted molar refractivity (Wildman–Crippen MR) is 42.1 cm³/mol. The first kappa shape index (κ1) is 10.7. The summed E-state index contributed by atoms with van der Waals surface area (Å²) in [7, 11) is 0. The zero-order valence-electron chi connectivity index (χ0n) is 6.75. The highest BCUT2D eigenvalue weighted by atomic mass is 16.6. The van der Waals surface area contributed by atoms with Gasteiger partial charge in [-0.15, -0.1) is 0 Å². The van der Waals surface area contributed by atoms with Crippen molar-refractivity contribution in [2.24, 2.45) is 0 Å². The number of hydrogen-bond donors (Lipinski definition) is 0. The summed E-state index contributed by atoms with van der Waals surface area (Å²) in [5.41, 5.74) is 0. The zero-order chi connectivity index (χ0) is 9.40. The van der Waals surface area contributed by atoms with E-state index >= 15 is 0 Å². The zero-order valence-corrected chi connectivity index (χ0v) is 6.75. The van der Waals surface area contributed by atoms with Gasteiger partial charge >= 0.3 is 11.9 Å². The number of hydrogen-bond acceptors (Lipinski definition) is 4. The van der Waals surface area contributed by atoms with E-state index in [9.17, 15) is 9.59 Å². The Morgan fingerprint density at radius 2 is 1.92 bits per heavy atom. The van der Waals surface area contributed by atoms with Gasteiger partial charge in [0.05, 0.1) is 0 Å². The first-order chi connectivity index (χ1) is 5.70. The van der Waals surface area contributed by atoms with E-state index < -0.39 is 11.9 Å². The van der Waals surface area contributed by atoms with Crippen molar-refractivity contribution in [3.63, 3.8) is 0 Å². The lowest BCUT2D eigenvalue weighted by molar-refractivity contribution is -0.157. The molecule has 4 heteroatoms. The number of rotatable bonds is 5. The van der Waals surface area contributed by atoms with Crippen LogP contribution < -0.4 is 0 Å². The van der Waals surface area contributed by atoms with Crippen LogP contribution in [0.1, 0.15) is 6.42 Å². The lowest BCUT2D eigenvalue weighted by Gasteiger charge is -2.02. The SMILES string of the molecule is [CH2]CC(=O)OCC(=O)OCC=C. The molecule has 0 rings (SSSR count). The number of carbonyl (C=O) groups excluding carboxylic acids is 2. The van der Waals surface area contributed by atoms with E-state index in [1.54, 1.807) is 0 Å². The van der Waals surface area contributed by atoms with Gasteiger partial charge in [-0.2, -0.15) is 0 Å². The molecule has 0 saturated carbocycles. The highest BCUT2D eigenvalue weighted by Crippen LogP contribution is 1.86. The van der Waals surface area contributed by atoms with Crippen LogP contribution in [0.5, 0.6) is 0 Å². The topological polar surface area (TPSA) is 52.6 Å². The van der Waals surface area contributed by atoms with E-state index in [1.807, 2.05) is 0 Å². The molecule has 0 spiro atoms. The van der Waals surface area contributed by atoms with Crippen molar-refractivity contribution < 1.29 is 19.1 Å². The van der Waals surface area contributed by atoms with Gasteiger partial charge in [-0.05, 0) is 6.92 Å². The quantitative estimate of drug-likeness (QED) is 0.446. The number of esters is 2. The van der Waals surface area contributed by atoms with Gasteiger partial charge in [0.15, 0.2) is 6.61 Å². The third kappa shape index (κ3) is 5.46. The van der Waals surface area contributed by atoms with E-state index in [1.165, 1.54) is 6.08 Å². The smallest absolute Gasteiger partial charge is 0.344 e. The van der Waals surface area contributed by atoms with E-state index in [4.69, 9.17) is 0 Å². The highest BCUT2D eigenvalue weighted by Gasteiger charge is 2.04. The fourth-order valence-electron chi connectivity index (χ4n) is 0.405. The van der Waals surface area contributed by atoms with E-state index in [0.29, 0.717) is 0 Å². The highest BCUT2D eigenvalue weighted by molar-refractivity contribution is 5.76. The van der Waals surface area contributed by atoms with E-state index in [-0.39, 0.29) is 19.6 Å². The summed E-state index contributed by atoms with van der Waals surface area (Å²) in [6.45, 7) is 6.40. The molecule has 0 aliphatic heterocycles. The molecule has 0 aromatic carbocycles. The molecule has 0 saturated heterocycles. The average molecular weight is 171 g/mol. The summed E-state index contributed by atoms with van der Waals surface area (Å²) in [5.74, 6) is -1.11. The summed E-state index contributed by atoms with van der Waals surface area (Å²) in [5, 5.41) is 0. The molecule has 0 aromatic heterocycles. The largest absolute Gasteiger partial charge is 0.459 e. The molecular weight excluding hydrogens is 160 g/mol. The van der Waals surface area contributed by atoms with E-state index in [0.717, 1.165) is 0 Å². The fraction of sp³-hybridized carbons (Fsp3) is 0.375. The maximum absolute atomic E-state index is 10.7. The normalized spacial score (nSPS) is 8.75. The van der Waals surface area contributed by atoms with Crippen molar-refractivity contribution in [2.75, 3.05) is 13.2 Å². The van der Waals surface area contributed by atoms with Crippen LogP contribution in [0.2, 0.25) is 0 Å². The minimum atomic E-state index is -0.586. The standard InChI is InChI=1S/C8H11O4/c1-3-5-11-8(10)6-12-7(9)4-2/h3H,1-2,4-6H2. The third-order valence-electron chi connectivity index (χ3n) is 0.917. The maximum Gasteiger partial charge on any atom is 0.344 e. The van der Waals surface area contributed by atoms with Crippen LogP contribution in [-0.4, -0.2) is 25.2 Å². The fourth-order valence-corrected chi connectivity index (χ4v) is 0.405. The summed E-state index contributed by atoms with van der Waals surface area (Å²) in [6.07, 6.45) is 1.44. The molecule has 0 aromatic rings. The summed E-state index contributed by atoms with van der Waals surface area (Å²) in [6, 6.07) is 0. The van der Waals surface area contributed by atoms with Crippen LogP contribution in [0, 0.1) is 6.92 Å². The summed E-state index contributed by atoms with van der Waals surface area (Å²) in [4.78, 5) is 21.1. The molecule has 0 atom stereocenters. The molecule has 0 amide bonds. The molecule has 1 radical (unpaired) electrons. The Hall–Kier alpha value is -1.32. The lowest BCUT2D eigenvalue weighted by Crippen LogP contribution is -2.15. The molecule has 0 fully saturated rings. The Labute approximate surface area is 71.2 Å². The first-order valence-electron chi connectivity index (χ1n) is 3.42. The Balaban J connectivity index is 3.43. The lowest BCUT2D eigenvalue weighted by atomic mass is 10.5. The summed E-state index contributed by atoms with van der Waals surface area (Å²) >= 11 is 0. The second-order valence-corrected chi connectivity index (χ2v) is 1.88. The Morgan fingerprint density at radius 3 is 2.42 bits per heavy atom. The van der Waals surface area contributed by atoms with Gasteiger partial charge in [-0.3, -0.25) is 4.79 Å². The molecular formula is C8H11O4.